The zero-order chi connectivity index (χ0) is 8.81. The molecule has 2 nitrogen and oxygen atoms in total. The average molecular weight is 168 g/mol. The molecular weight excluding hydrogens is 152 g/mol. The number of rotatable bonds is 3. The smallest absolute Gasteiger partial charge is 0.133 e. The van der Waals surface area contributed by atoms with Crippen molar-refractivity contribution in [2.24, 2.45) is 5.92 Å². The molecule has 0 radical (unpaired) electrons. The molecule has 0 amide bonds. The zero-order valence-electron chi connectivity index (χ0n) is 7.58. The highest BCUT2D eigenvalue weighted by atomic mass is 16.5. The minimum Gasteiger partial charge on any atom is -0.381 e. The van der Waals surface area contributed by atoms with Gasteiger partial charge in [-0.05, 0) is 18.8 Å². The molecule has 0 spiro atoms. The van der Waals surface area contributed by atoms with Crippen LogP contribution in [0.25, 0.3) is 0 Å². The highest BCUT2D eigenvalue weighted by Gasteiger charge is 2.16. The predicted octanol–water partition coefficient (Wildman–Crippen LogP) is 1.95. The number of hydrogen-bond acceptors (Lipinski definition) is 2. The monoisotopic (exact) mass is 168 g/mol. The van der Waals surface area contributed by atoms with Gasteiger partial charge in [0.05, 0.1) is 6.61 Å². The van der Waals surface area contributed by atoms with Crippen molar-refractivity contribution in [3.05, 3.63) is 12.2 Å². The fraction of sp³-hybridized carbons (Fsp3) is 0.700. The van der Waals surface area contributed by atoms with Gasteiger partial charge in [-0.1, -0.05) is 12.2 Å². The van der Waals surface area contributed by atoms with Gasteiger partial charge in [-0.2, -0.15) is 0 Å². The van der Waals surface area contributed by atoms with Crippen LogP contribution >= 0.6 is 0 Å². The molecule has 0 N–H and O–H groups in total. The maximum absolute atomic E-state index is 11.0. The first-order chi connectivity index (χ1) is 5.83. The second kappa shape index (κ2) is 5.09. The normalized spacial score (nSPS) is 25.1. The van der Waals surface area contributed by atoms with E-state index in [0.29, 0.717) is 18.3 Å². The molecule has 0 aromatic rings. The Hall–Kier alpha value is -0.630. The van der Waals surface area contributed by atoms with Crippen LogP contribution in [0.3, 0.4) is 0 Å². The molecule has 0 aromatic carbocycles. The van der Waals surface area contributed by atoms with Gasteiger partial charge in [0.25, 0.3) is 0 Å². The van der Waals surface area contributed by atoms with Crippen LogP contribution in [0.4, 0.5) is 0 Å². The third-order valence-electron chi connectivity index (χ3n) is 2.19. The molecule has 0 heterocycles. The van der Waals surface area contributed by atoms with Gasteiger partial charge >= 0.3 is 0 Å². The van der Waals surface area contributed by atoms with Gasteiger partial charge < -0.3 is 4.74 Å². The molecule has 12 heavy (non-hydrogen) atoms. The number of carbonyl (C=O) groups excluding carboxylic acids is 1. The number of allylic oxidation sites excluding steroid dienone is 1. The molecule has 1 saturated carbocycles. The van der Waals surface area contributed by atoms with E-state index in [0.717, 1.165) is 25.7 Å². The Morgan fingerprint density at radius 1 is 1.67 bits per heavy atom. The summed E-state index contributed by atoms with van der Waals surface area (Å²) in [4.78, 5) is 11.0. The van der Waals surface area contributed by atoms with Crippen LogP contribution in [-0.2, 0) is 9.53 Å². The quantitative estimate of drug-likeness (QED) is 0.602. The van der Waals surface area contributed by atoms with Gasteiger partial charge in [-0.25, -0.2) is 0 Å². The van der Waals surface area contributed by atoms with E-state index in [1.807, 2.05) is 6.08 Å². The number of methoxy groups -OCH3 is 1. The molecular formula is C10H16O2. The van der Waals surface area contributed by atoms with Gasteiger partial charge in [-0.3, -0.25) is 4.79 Å². The number of carbonyl (C=O) groups is 1. The lowest BCUT2D eigenvalue weighted by molar-refractivity contribution is -0.121. The third-order valence-corrected chi connectivity index (χ3v) is 2.19. The second-order valence-electron chi connectivity index (χ2n) is 3.28. The Bertz CT molecular complexity index is 173. The molecule has 0 bridgehead atoms. The lowest BCUT2D eigenvalue weighted by atomic mass is 9.88. The SMILES string of the molecule is COC/C=C/[C@H]1CCCC(=O)C1. The Balaban J connectivity index is 2.26. The van der Waals surface area contributed by atoms with Gasteiger partial charge in [0, 0.05) is 20.0 Å². The summed E-state index contributed by atoms with van der Waals surface area (Å²) in [5, 5.41) is 0. The minimum atomic E-state index is 0.410. The van der Waals surface area contributed by atoms with Crippen LogP contribution < -0.4 is 0 Å². The summed E-state index contributed by atoms with van der Waals surface area (Å²) in [7, 11) is 1.68. The van der Waals surface area contributed by atoms with Gasteiger partial charge in [0.2, 0.25) is 0 Å². The van der Waals surface area contributed by atoms with Crippen LogP contribution in [-0.4, -0.2) is 19.5 Å². The van der Waals surface area contributed by atoms with Crippen molar-refractivity contribution in [2.45, 2.75) is 25.7 Å². The summed E-state index contributed by atoms with van der Waals surface area (Å²) in [6.07, 6.45) is 7.85. The van der Waals surface area contributed by atoms with E-state index in [4.69, 9.17) is 4.74 Å². The summed E-state index contributed by atoms with van der Waals surface area (Å²) < 4.78 is 4.89. The van der Waals surface area contributed by atoms with E-state index in [9.17, 15) is 4.79 Å². The van der Waals surface area contributed by atoms with E-state index >= 15 is 0 Å². The Morgan fingerprint density at radius 3 is 3.17 bits per heavy atom. The van der Waals surface area contributed by atoms with Crippen LogP contribution in [0.5, 0.6) is 0 Å². The van der Waals surface area contributed by atoms with Crippen molar-refractivity contribution < 1.29 is 9.53 Å². The highest BCUT2D eigenvalue weighted by molar-refractivity contribution is 5.79. The van der Waals surface area contributed by atoms with Crippen LogP contribution in [0.1, 0.15) is 25.7 Å². The van der Waals surface area contributed by atoms with E-state index in [1.54, 1.807) is 7.11 Å². The first-order valence-corrected chi connectivity index (χ1v) is 4.50. The fourth-order valence-electron chi connectivity index (χ4n) is 1.57. The van der Waals surface area contributed by atoms with Crippen molar-refractivity contribution in [3.63, 3.8) is 0 Å². The molecule has 1 atom stereocenters. The van der Waals surface area contributed by atoms with E-state index < -0.39 is 0 Å². The molecule has 1 fully saturated rings. The number of ether oxygens (including phenoxy) is 1. The topological polar surface area (TPSA) is 26.3 Å². The molecule has 68 valence electrons. The van der Waals surface area contributed by atoms with Crippen molar-refractivity contribution in [1.82, 2.24) is 0 Å². The number of Topliss-reactive ketones (excluding diaryl/α,β-unsaturated/α-hetero) is 1. The van der Waals surface area contributed by atoms with Gasteiger partial charge in [0.1, 0.15) is 5.78 Å². The minimum absolute atomic E-state index is 0.410. The summed E-state index contributed by atoms with van der Waals surface area (Å²) in [5.41, 5.74) is 0. The van der Waals surface area contributed by atoms with Crippen molar-refractivity contribution in [2.75, 3.05) is 13.7 Å². The lowest BCUT2D eigenvalue weighted by Crippen LogP contribution is -2.12. The van der Waals surface area contributed by atoms with E-state index in [2.05, 4.69) is 6.08 Å². The standard InChI is InChI=1S/C10H16O2/c1-12-7-3-5-9-4-2-6-10(11)8-9/h3,5,9H,2,4,6-8H2,1H3/b5-3+/t9-/m1/s1. The maximum Gasteiger partial charge on any atom is 0.133 e. The number of ketones is 1. The van der Waals surface area contributed by atoms with Crippen molar-refractivity contribution >= 4 is 5.78 Å². The fourth-order valence-corrected chi connectivity index (χ4v) is 1.57. The average Bonchev–Trinajstić information content (AvgIpc) is 2.05. The molecule has 0 unspecified atom stereocenters. The molecule has 0 aliphatic heterocycles. The highest BCUT2D eigenvalue weighted by Crippen LogP contribution is 2.21. The summed E-state index contributed by atoms with van der Waals surface area (Å²) in [6, 6.07) is 0. The van der Waals surface area contributed by atoms with Crippen molar-refractivity contribution in [1.29, 1.82) is 0 Å². The summed E-state index contributed by atoms with van der Waals surface area (Å²) in [5.74, 6) is 0.884. The molecule has 2 heteroatoms. The predicted molar refractivity (Wildman–Crippen MR) is 48.0 cm³/mol. The molecule has 1 aliphatic carbocycles. The second-order valence-corrected chi connectivity index (χ2v) is 3.28. The first kappa shape index (κ1) is 9.46. The molecule has 1 rings (SSSR count). The first-order valence-electron chi connectivity index (χ1n) is 4.50. The number of hydrogen-bond donors (Lipinski definition) is 0. The molecule has 1 aliphatic rings. The largest absolute Gasteiger partial charge is 0.381 e. The van der Waals surface area contributed by atoms with Crippen LogP contribution in [0, 0.1) is 5.92 Å². The third kappa shape index (κ3) is 3.18. The zero-order valence-corrected chi connectivity index (χ0v) is 7.58. The van der Waals surface area contributed by atoms with Gasteiger partial charge in [0.15, 0.2) is 0 Å². The Morgan fingerprint density at radius 2 is 2.50 bits per heavy atom. The Labute approximate surface area is 73.6 Å². The van der Waals surface area contributed by atoms with E-state index in [-0.39, 0.29) is 0 Å². The van der Waals surface area contributed by atoms with E-state index in [1.165, 1.54) is 0 Å². The van der Waals surface area contributed by atoms with Gasteiger partial charge in [-0.15, -0.1) is 0 Å². The lowest BCUT2D eigenvalue weighted by Gasteiger charge is -2.16. The summed E-state index contributed by atoms with van der Waals surface area (Å²) >= 11 is 0. The van der Waals surface area contributed by atoms with Crippen molar-refractivity contribution in [3.8, 4) is 0 Å². The Kier molecular flexibility index (Phi) is 4.01. The van der Waals surface area contributed by atoms with Crippen LogP contribution in [0.2, 0.25) is 0 Å². The van der Waals surface area contributed by atoms with Crippen LogP contribution in [0.15, 0.2) is 12.2 Å². The maximum atomic E-state index is 11.0. The summed E-state index contributed by atoms with van der Waals surface area (Å²) in [6.45, 7) is 0.657. The molecule has 0 saturated heterocycles. The molecule has 0 aromatic heterocycles.